The molecule has 0 aliphatic carbocycles. The van der Waals surface area contributed by atoms with Gasteiger partial charge in [0.1, 0.15) is 5.25 Å². The van der Waals surface area contributed by atoms with Crippen molar-refractivity contribution < 1.29 is 13.2 Å². The van der Waals surface area contributed by atoms with Gasteiger partial charge in [0.15, 0.2) is 9.84 Å². The van der Waals surface area contributed by atoms with Crippen LogP contribution in [0.2, 0.25) is 0 Å². The average Bonchev–Trinajstić information content (AvgIpc) is 2.58. The second-order valence-corrected chi connectivity index (χ2v) is 8.31. The predicted octanol–water partition coefficient (Wildman–Crippen LogP) is 2.96. The van der Waals surface area contributed by atoms with Crippen molar-refractivity contribution in [3.8, 4) is 0 Å². The monoisotopic (exact) mass is 380 g/mol. The van der Waals surface area contributed by atoms with Crippen LogP contribution in [-0.4, -0.2) is 31.7 Å². The van der Waals surface area contributed by atoms with Crippen molar-refractivity contribution in [1.82, 2.24) is 10.3 Å². The SMILES string of the molecule is Cc1ccc(C)c(S(=O)(=O)[C@@H](CNC(=O)CCCl)c2cccnc2)c1. The second-order valence-electron chi connectivity index (χ2n) is 5.83. The van der Waals surface area contributed by atoms with E-state index >= 15 is 0 Å². The lowest BCUT2D eigenvalue weighted by Gasteiger charge is -2.20. The summed E-state index contributed by atoms with van der Waals surface area (Å²) in [5.41, 5.74) is 2.07. The highest BCUT2D eigenvalue weighted by molar-refractivity contribution is 7.91. The van der Waals surface area contributed by atoms with E-state index in [1.165, 1.54) is 6.20 Å². The molecule has 0 radical (unpaired) electrons. The fourth-order valence-electron chi connectivity index (χ4n) is 2.52. The van der Waals surface area contributed by atoms with E-state index in [1.807, 2.05) is 13.0 Å². The van der Waals surface area contributed by atoms with Gasteiger partial charge in [-0.3, -0.25) is 9.78 Å². The van der Waals surface area contributed by atoms with Crippen molar-refractivity contribution in [2.24, 2.45) is 0 Å². The quantitative estimate of drug-likeness (QED) is 0.749. The van der Waals surface area contributed by atoms with Crippen molar-refractivity contribution >= 4 is 27.3 Å². The fraction of sp³-hybridized carbons (Fsp3) is 0.333. The maximum Gasteiger partial charge on any atom is 0.221 e. The van der Waals surface area contributed by atoms with E-state index in [4.69, 9.17) is 11.6 Å². The molecule has 0 fully saturated rings. The molecule has 7 heteroatoms. The molecular weight excluding hydrogens is 360 g/mol. The lowest BCUT2D eigenvalue weighted by atomic mass is 10.2. The van der Waals surface area contributed by atoms with Crippen LogP contribution in [0.1, 0.15) is 28.4 Å². The number of halogens is 1. The normalized spacial score (nSPS) is 12.6. The van der Waals surface area contributed by atoms with Gasteiger partial charge in [0, 0.05) is 31.2 Å². The Labute approximate surface area is 153 Å². The van der Waals surface area contributed by atoms with Gasteiger partial charge >= 0.3 is 0 Å². The maximum absolute atomic E-state index is 13.3. The molecule has 0 aliphatic rings. The third-order valence-electron chi connectivity index (χ3n) is 3.89. The molecule has 1 heterocycles. The lowest BCUT2D eigenvalue weighted by Crippen LogP contribution is -2.32. The molecule has 0 saturated heterocycles. The Morgan fingerprint density at radius 2 is 2.04 bits per heavy atom. The molecule has 1 aromatic heterocycles. The molecule has 1 amide bonds. The van der Waals surface area contributed by atoms with Gasteiger partial charge in [-0.15, -0.1) is 11.6 Å². The third-order valence-corrected chi connectivity index (χ3v) is 6.32. The van der Waals surface area contributed by atoms with Crippen LogP contribution in [0.4, 0.5) is 0 Å². The summed E-state index contributed by atoms with van der Waals surface area (Å²) in [6, 6.07) is 8.70. The van der Waals surface area contributed by atoms with E-state index in [1.54, 1.807) is 37.4 Å². The van der Waals surface area contributed by atoms with E-state index in [-0.39, 0.29) is 29.6 Å². The second kappa shape index (κ2) is 8.45. The van der Waals surface area contributed by atoms with Gasteiger partial charge in [-0.05, 0) is 42.7 Å². The van der Waals surface area contributed by atoms with E-state index in [0.29, 0.717) is 11.1 Å². The Morgan fingerprint density at radius 1 is 1.28 bits per heavy atom. The molecule has 0 bridgehead atoms. The largest absolute Gasteiger partial charge is 0.354 e. The Balaban J connectivity index is 2.43. The molecule has 2 rings (SSSR count). The standard InChI is InChI=1S/C18H21ClN2O3S/c1-13-5-6-14(2)16(10-13)25(23,24)17(12-21-18(22)7-8-19)15-4-3-9-20-11-15/h3-6,9-11,17H,7-8,12H2,1-2H3,(H,21,22)/t17-/m0/s1. The van der Waals surface area contributed by atoms with Gasteiger partial charge in [0.2, 0.25) is 5.91 Å². The number of amides is 1. The van der Waals surface area contributed by atoms with E-state index in [2.05, 4.69) is 10.3 Å². The van der Waals surface area contributed by atoms with Crippen LogP contribution in [0.15, 0.2) is 47.6 Å². The number of nitrogens with zero attached hydrogens (tertiary/aromatic N) is 1. The minimum atomic E-state index is -3.71. The van der Waals surface area contributed by atoms with Gasteiger partial charge in [-0.25, -0.2) is 8.42 Å². The molecule has 5 nitrogen and oxygen atoms in total. The number of pyridine rings is 1. The number of benzene rings is 1. The van der Waals surface area contributed by atoms with Crippen LogP contribution in [0.3, 0.4) is 0 Å². The topological polar surface area (TPSA) is 76.1 Å². The molecule has 0 spiro atoms. The van der Waals surface area contributed by atoms with Crippen LogP contribution in [0, 0.1) is 13.8 Å². The smallest absolute Gasteiger partial charge is 0.221 e. The lowest BCUT2D eigenvalue weighted by molar-refractivity contribution is -0.120. The Kier molecular flexibility index (Phi) is 6.56. The summed E-state index contributed by atoms with van der Waals surface area (Å²) >= 11 is 5.56. The zero-order chi connectivity index (χ0) is 18.4. The fourth-order valence-corrected chi connectivity index (χ4v) is 4.67. The number of aromatic nitrogens is 1. The number of carbonyl (C=O) groups is 1. The summed E-state index contributed by atoms with van der Waals surface area (Å²) in [5, 5.41) is 1.75. The first-order valence-corrected chi connectivity index (χ1v) is 9.98. The zero-order valence-corrected chi connectivity index (χ0v) is 15.8. The first kappa shape index (κ1) is 19.4. The van der Waals surface area contributed by atoms with Crippen molar-refractivity contribution in [3.05, 3.63) is 59.4 Å². The number of nitrogens with one attached hydrogen (secondary N) is 1. The van der Waals surface area contributed by atoms with Gasteiger partial charge in [-0.2, -0.15) is 0 Å². The summed E-state index contributed by atoms with van der Waals surface area (Å²) in [4.78, 5) is 16.0. The molecule has 0 aliphatic heterocycles. The predicted molar refractivity (Wildman–Crippen MR) is 98.4 cm³/mol. The summed E-state index contributed by atoms with van der Waals surface area (Å²) in [6.45, 7) is 3.58. The molecule has 1 atom stereocenters. The summed E-state index contributed by atoms with van der Waals surface area (Å²) in [7, 11) is -3.71. The minimum absolute atomic E-state index is 0.0306. The van der Waals surface area contributed by atoms with Gasteiger partial charge in [0.25, 0.3) is 0 Å². The van der Waals surface area contributed by atoms with E-state index < -0.39 is 15.1 Å². The Morgan fingerprint density at radius 3 is 2.68 bits per heavy atom. The molecular formula is C18H21ClN2O3S. The Hall–Kier alpha value is -1.92. The molecule has 25 heavy (non-hydrogen) atoms. The summed E-state index contributed by atoms with van der Waals surface area (Å²) in [5.74, 6) is -0.0901. The summed E-state index contributed by atoms with van der Waals surface area (Å²) in [6.07, 6.45) is 3.24. The van der Waals surface area contributed by atoms with Crippen molar-refractivity contribution in [3.63, 3.8) is 0 Å². The van der Waals surface area contributed by atoms with Crippen molar-refractivity contribution in [2.75, 3.05) is 12.4 Å². The van der Waals surface area contributed by atoms with E-state index in [9.17, 15) is 13.2 Å². The van der Waals surface area contributed by atoms with Crippen LogP contribution in [0.25, 0.3) is 0 Å². The Bertz CT molecular complexity index is 839. The maximum atomic E-state index is 13.3. The molecule has 1 aromatic carbocycles. The van der Waals surface area contributed by atoms with Gasteiger partial charge in [0.05, 0.1) is 4.90 Å². The molecule has 1 N–H and O–H groups in total. The van der Waals surface area contributed by atoms with Crippen LogP contribution in [0.5, 0.6) is 0 Å². The van der Waals surface area contributed by atoms with Crippen molar-refractivity contribution in [2.45, 2.75) is 30.4 Å². The van der Waals surface area contributed by atoms with Crippen LogP contribution < -0.4 is 5.32 Å². The summed E-state index contributed by atoms with van der Waals surface area (Å²) < 4.78 is 26.5. The highest BCUT2D eigenvalue weighted by atomic mass is 35.5. The van der Waals surface area contributed by atoms with Gasteiger partial charge < -0.3 is 5.32 Å². The molecule has 0 unspecified atom stereocenters. The number of hydrogen-bond acceptors (Lipinski definition) is 4. The van der Waals surface area contributed by atoms with Crippen LogP contribution in [-0.2, 0) is 14.6 Å². The zero-order valence-electron chi connectivity index (χ0n) is 14.2. The number of hydrogen-bond donors (Lipinski definition) is 1. The van der Waals surface area contributed by atoms with E-state index in [0.717, 1.165) is 5.56 Å². The molecule has 134 valence electrons. The van der Waals surface area contributed by atoms with Crippen LogP contribution >= 0.6 is 11.6 Å². The first-order valence-electron chi connectivity index (χ1n) is 7.90. The highest BCUT2D eigenvalue weighted by Gasteiger charge is 2.31. The number of aryl methyl sites for hydroxylation is 2. The highest BCUT2D eigenvalue weighted by Crippen LogP contribution is 2.30. The van der Waals surface area contributed by atoms with Gasteiger partial charge in [-0.1, -0.05) is 18.2 Å². The van der Waals surface area contributed by atoms with Crippen molar-refractivity contribution in [1.29, 1.82) is 0 Å². The molecule has 2 aromatic rings. The molecule has 0 saturated carbocycles. The third kappa shape index (κ3) is 4.80. The number of sulfone groups is 1. The minimum Gasteiger partial charge on any atom is -0.354 e. The average molecular weight is 381 g/mol. The first-order chi connectivity index (χ1) is 11.9. The number of alkyl halides is 1. The number of carbonyl (C=O) groups excluding carboxylic acids is 1. The number of rotatable bonds is 7.